The summed E-state index contributed by atoms with van der Waals surface area (Å²) in [6.45, 7) is 2.07. The second-order valence-electron chi connectivity index (χ2n) is 3.89. The van der Waals surface area contributed by atoms with Gasteiger partial charge in [0.15, 0.2) is 0 Å². The Kier molecular flexibility index (Phi) is 4.47. The highest BCUT2D eigenvalue weighted by atomic mass is 32.2. The molecule has 0 saturated carbocycles. The molecule has 6 nitrogen and oxygen atoms in total. The summed E-state index contributed by atoms with van der Waals surface area (Å²) in [5.41, 5.74) is 3.97. The normalized spacial score (nSPS) is 17.9. The first-order valence-corrected chi connectivity index (χ1v) is 5.62. The lowest BCUT2D eigenvalue weighted by Gasteiger charge is -2.32. The van der Waals surface area contributed by atoms with Crippen molar-refractivity contribution in [1.82, 2.24) is 0 Å². The average Bonchev–Trinajstić information content (AvgIpc) is 2.01. The van der Waals surface area contributed by atoms with Crippen LogP contribution in [0.1, 0.15) is 13.8 Å². The van der Waals surface area contributed by atoms with Crippen molar-refractivity contribution in [2.75, 3.05) is 13.2 Å². The number of rotatable bonds is 5. The van der Waals surface area contributed by atoms with Gasteiger partial charge in [0, 0.05) is 18.6 Å². The van der Waals surface area contributed by atoms with E-state index in [-0.39, 0.29) is 6.54 Å². The van der Waals surface area contributed by atoms with Crippen molar-refractivity contribution in [3.63, 3.8) is 0 Å². The Bertz CT molecular complexity index is 274. The van der Waals surface area contributed by atoms with Gasteiger partial charge in [0.05, 0.1) is 6.10 Å². The third kappa shape index (κ3) is 3.18. The van der Waals surface area contributed by atoms with Crippen LogP contribution in [0.15, 0.2) is 0 Å². The zero-order valence-corrected chi connectivity index (χ0v) is 9.03. The van der Waals surface area contributed by atoms with Crippen LogP contribution in [-0.4, -0.2) is 47.7 Å². The standard InChI is InChI=1S/C7H17NO5S/c1-7(2,4-9)6(5(10)3-8)14(11,12)13/h5-6,9-10H,3-4,8H2,1-2H3,(H,11,12,13). The molecule has 0 amide bonds. The van der Waals surface area contributed by atoms with E-state index in [1.807, 2.05) is 0 Å². The zero-order valence-electron chi connectivity index (χ0n) is 8.21. The Morgan fingerprint density at radius 3 is 2.07 bits per heavy atom. The molecule has 0 aromatic carbocycles. The minimum atomic E-state index is -4.44. The van der Waals surface area contributed by atoms with E-state index in [9.17, 15) is 13.5 Å². The van der Waals surface area contributed by atoms with Crippen LogP contribution in [0.5, 0.6) is 0 Å². The highest BCUT2D eigenvalue weighted by molar-refractivity contribution is 7.86. The third-order valence-corrected chi connectivity index (χ3v) is 3.68. The molecule has 0 spiro atoms. The molecule has 0 aliphatic heterocycles. The van der Waals surface area contributed by atoms with Gasteiger partial charge in [-0.15, -0.1) is 0 Å². The maximum atomic E-state index is 11.0. The van der Waals surface area contributed by atoms with E-state index in [4.69, 9.17) is 15.4 Å². The second-order valence-corrected chi connectivity index (χ2v) is 5.42. The van der Waals surface area contributed by atoms with Crippen molar-refractivity contribution in [2.45, 2.75) is 25.2 Å². The van der Waals surface area contributed by atoms with Crippen molar-refractivity contribution in [3.05, 3.63) is 0 Å². The number of aliphatic hydroxyl groups excluding tert-OH is 2. The zero-order chi connectivity index (χ0) is 11.6. The lowest BCUT2D eigenvalue weighted by molar-refractivity contribution is 0.0780. The first-order valence-electron chi connectivity index (χ1n) is 4.12. The average molecular weight is 227 g/mol. The molecule has 2 atom stereocenters. The maximum Gasteiger partial charge on any atom is 0.271 e. The summed E-state index contributed by atoms with van der Waals surface area (Å²) >= 11 is 0. The van der Waals surface area contributed by atoms with E-state index < -0.39 is 33.5 Å². The Labute approximate surface area is 83.5 Å². The molecule has 0 aromatic heterocycles. The molecular formula is C7H17NO5S. The second kappa shape index (κ2) is 4.54. The van der Waals surface area contributed by atoms with E-state index in [2.05, 4.69) is 0 Å². The number of hydrogen-bond acceptors (Lipinski definition) is 5. The summed E-state index contributed by atoms with van der Waals surface area (Å²) in [5, 5.41) is 16.8. The molecule has 0 saturated heterocycles. The quantitative estimate of drug-likeness (QED) is 0.428. The SMILES string of the molecule is CC(C)(CO)C(C(O)CN)S(=O)(=O)O. The number of nitrogens with two attached hydrogens (primary N) is 1. The molecule has 2 unspecified atom stereocenters. The van der Waals surface area contributed by atoms with E-state index >= 15 is 0 Å². The molecule has 0 fully saturated rings. The summed E-state index contributed by atoms with van der Waals surface area (Å²) in [4.78, 5) is 0. The molecule has 14 heavy (non-hydrogen) atoms. The van der Waals surface area contributed by atoms with Crippen molar-refractivity contribution in [1.29, 1.82) is 0 Å². The molecule has 0 aliphatic rings. The number of aliphatic hydroxyl groups is 2. The van der Waals surface area contributed by atoms with E-state index in [1.54, 1.807) is 0 Å². The van der Waals surface area contributed by atoms with Gasteiger partial charge in [-0.05, 0) is 0 Å². The number of hydrogen-bond donors (Lipinski definition) is 4. The fourth-order valence-corrected chi connectivity index (χ4v) is 2.73. The molecule has 86 valence electrons. The van der Waals surface area contributed by atoms with Gasteiger partial charge in [-0.25, -0.2) is 0 Å². The van der Waals surface area contributed by atoms with Crippen molar-refractivity contribution >= 4 is 10.1 Å². The van der Waals surface area contributed by atoms with Crippen LogP contribution in [0, 0.1) is 5.41 Å². The first kappa shape index (κ1) is 13.8. The van der Waals surface area contributed by atoms with Crippen molar-refractivity contribution < 1.29 is 23.2 Å². The van der Waals surface area contributed by atoms with E-state index in [0.717, 1.165) is 0 Å². The summed E-state index contributed by atoms with van der Waals surface area (Å²) in [6.07, 6.45) is -1.40. The lowest BCUT2D eigenvalue weighted by Crippen LogP contribution is -2.49. The topological polar surface area (TPSA) is 121 Å². The Hall–Kier alpha value is -0.210. The highest BCUT2D eigenvalue weighted by Gasteiger charge is 2.42. The molecule has 0 rings (SSSR count). The molecule has 0 aliphatic carbocycles. The van der Waals surface area contributed by atoms with Gasteiger partial charge < -0.3 is 15.9 Å². The molecule has 0 bridgehead atoms. The maximum absolute atomic E-state index is 11.0. The minimum absolute atomic E-state index is 0.298. The van der Waals surface area contributed by atoms with Crippen LogP contribution < -0.4 is 5.73 Å². The summed E-state index contributed by atoms with van der Waals surface area (Å²) in [6, 6.07) is 0. The fraction of sp³-hybridized carbons (Fsp3) is 1.00. The molecule has 5 N–H and O–H groups in total. The van der Waals surface area contributed by atoms with Crippen molar-refractivity contribution in [2.24, 2.45) is 11.1 Å². The van der Waals surface area contributed by atoms with Crippen LogP contribution in [0.25, 0.3) is 0 Å². The molecular weight excluding hydrogens is 210 g/mol. The van der Waals surface area contributed by atoms with Gasteiger partial charge in [-0.1, -0.05) is 13.8 Å². The van der Waals surface area contributed by atoms with Gasteiger partial charge in [-0.2, -0.15) is 8.42 Å². The molecule has 7 heteroatoms. The Morgan fingerprint density at radius 1 is 1.43 bits per heavy atom. The van der Waals surface area contributed by atoms with E-state index in [0.29, 0.717) is 0 Å². The van der Waals surface area contributed by atoms with Crippen molar-refractivity contribution in [3.8, 4) is 0 Å². The van der Waals surface area contributed by atoms with Gasteiger partial charge in [-0.3, -0.25) is 4.55 Å². The van der Waals surface area contributed by atoms with Gasteiger partial charge in [0.1, 0.15) is 5.25 Å². The summed E-state index contributed by atoms with van der Waals surface area (Å²) in [5.74, 6) is 0. The van der Waals surface area contributed by atoms with Gasteiger partial charge >= 0.3 is 0 Å². The van der Waals surface area contributed by atoms with Gasteiger partial charge in [0.25, 0.3) is 10.1 Å². The van der Waals surface area contributed by atoms with E-state index in [1.165, 1.54) is 13.8 Å². The monoisotopic (exact) mass is 227 g/mol. The summed E-state index contributed by atoms with van der Waals surface area (Å²) < 4.78 is 30.8. The van der Waals surface area contributed by atoms with Gasteiger partial charge in [0.2, 0.25) is 0 Å². The van der Waals surface area contributed by atoms with Crippen LogP contribution in [0.4, 0.5) is 0 Å². The summed E-state index contributed by atoms with van der Waals surface area (Å²) in [7, 11) is -4.44. The molecule has 0 radical (unpaired) electrons. The Morgan fingerprint density at radius 2 is 1.86 bits per heavy atom. The van der Waals surface area contributed by atoms with Crippen LogP contribution in [0.3, 0.4) is 0 Å². The fourth-order valence-electron chi connectivity index (χ4n) is 1.34. The predicted octanol–water partition coefficient (Wildman–Crippen LogP) is -1.42. The van der Waals surface area contributed by atoms with Crippen LogP contribution in [-0.2, 0) is 10.1 Å². The van der Waals surface area contributed by atoms with Crippen LogP contribution in [0.2, 0.25) is 0 Å². The first-order chi connectivity index (χ1) is 6.16. The molecule has 0 heterocycles. The highest BCUT2D eigenvalue weighted by Crippen LogP contribution is 2.27. The minimum Gasteiger partial charge on any atom is -0.396 e. The lowest BCUT2D eigenvalue weighted by atomic mass is 9.87. The third-order valence-electron chi connectivity index (χ3n) is 2.09. The van der Waals surface area contributed by atoms with Crippen LogP contribution >= 0.6 is 0 Å². The molecule has 0 aromatic rings. The smallest absolute Gasteiger partial charge is 0.271 e. The predicted molar refractivity (Wildman–Crippen MR) is 51.3 cm³/mol. The Balaban J connectivity index is 5.13. The largest absolute Gasteiger partial charge is 0.396 e.